The highest BCUT2D eigenvalue weighted by molar-refractivity contribution is 7.89. The summed E-state index contributed by atoms with van der Waals surface area (Å²) in [5.74, 6) is 0.410. The standard InChI is InChI=1S/C17H22N4O2S.C9H12FN.C2H6/c1-19-17(14-9-5-6-10-15(14)18)20-12-13-8-4-7-11-16(13)24(22,23)21(2)3;1-2-3-7-6-8(10)4-5-9(7)11;1-2/h4-11H,12,18H2,1-3H3,(H,19,20);4-6H,2-3,11H2,1H3;1-2H3. The van der Waals surface area contributed by atoms with Gasteiger partial charge in [-0.1, -0.05) is 57.5 Å². The third-order valence-corrected chi connectivity index (χ3v) is 7.16. The van der Waals surface area contributed by atoms with Crippen molar-refractivity contribution >= 4 is 27.2 Å². The molecule has 37 heavy (non-hydrogen) atoms. The molecule has 5 N–H and O–H groups in total. The Morgan fingerprint density at radius 1 is 0.946 bits per heavy atom. The van der Waals surface area contributed by atoms with Crippen LogP contribution < -0.4 is 16.8 Å². The Labute approximate surface area is 221 Å². The molecule has 202 valence electrons. The van der Waals surface area contributed by atoms with E-state index in [1.807, 2.05) is 45.0 Å². The van der Waals surface area contributed by atoms with E-state index in [9.17, 15) is 12.8 Å². The van der Waals surface area contributed by atoms with Crippen LogP contribution in [0.3, 0.4) is 0 Å². The Morgan fingerprint density at radius 3 is 2.16 bits per heavy atom. The molecule has 0 aliphatic carbocycles. The number of nitrogens with two attached hydrogens (primary N) is 2. The Morgan fingerprint density at radius 2 is 1.57 bits per heavy atom. The molecule has 9 heteroatoms. The van der Waals surface area contributed by atoms with Crippen LogP contribution in [0.1, 0.15) is 43.9 Å². The minimum absolute atomic E-state index is 0.206. The molecule has 0 atom stereocenters. The quantitative estimate of drug-likeness (QED) is 0.225. The summed E-state index contributed by atoms with van der Waals surface area (Å²) < 4.78 is 38.7. The number of aryl methyl sites for hydroxylation is 1. The van der Waals surface area contributed by atoms with Crippen LogP contribution in [0.15, 0.2) is 76.6 Å². The Hall–Kier alpha value is -3.43. The zero-order valence-electron chi connectivity index (χ0n) is 22.6. The summed E-state index contributed by atoms with van der Waals surface area (Å²) in [6.07, 6.45) is 1.84. The van der Waals surface area contributed by atoms with Gasteiger partial charge in [-0.2, -0.15) is 0 Å². The van der Waals surface area contributed by atoms with Crippen LogP contribution in [0.4, 0.5) is 15.8 Å². The predicted molar refractivity (Wildman–Crippen MR) is 154 cm³/mol. The van der Waals surface area contributed by atoms with E-state index >= 15 is 0 Å². The van der Waals surface area contributed by atoms with E-state index in [0.717, 1.165) is 24.0 Å². The topological polar surface area (TPSA) is 114 Å². The fourth-order valence-electron chi connectivity index (χ4n) is 3.34. The number of nitrogens with one attached hydrogen (secondary N) is 1. The van der Waals surface area contributed by atoms with E-state index in [-0.39, 0.29) is 10.7 Å². The molecule has 0 bridgehead atoms. The number of halogens is 1. The molecular weight excluding hydrogens is 489 g/mol. The number of amidine groups is 1. The van der Waals surface area contributed by atoms with Crippen molar-refractivity contribution in [1.29, 1.82) is 0 Å². The SMILES string of the molecule is CC.CCCc1cc(F)ccc1N.CN=C(NCc1ccccc1S(=O)(=O)N(C)C)c1ccccc1N. The second-order valence-corrected chi connectivity index (χ2v) is 10.1. The monoisotopic (exact) mass is 529 g/mol. The van der Waals surface area contributed by atoms with E-state index in [0.29, 0.717) is 29.3 Å². The van der Waals surface area contributed by atoms with Gasteiger partial charge in [0.05, 0.1) is 4.90 Å². The molecule has 0 aliphatic heterocycles. The highest BCUT2D eigenvalue weighted by atomic mass is 32.2. The first kappa shape index (κ1) is 31.6. The Bertz CT molecular complexity index is 1260. The first-order valence-corrected chi connectivity index (χ1v) is 13.7. The molecule has 0 heterocycles. The van der Waals surface area contributed by atoms with E-state index in [1.165, 1.54) is 30.5 Å². The molecule has 0 unspecified atom stereocenters. The second kappa shape index (κ2) is 15.6. The van der Waals surface area contributed by atoms with Gasteiger partial charge in [-0.15, -0.1) is 0 Å². The number of anilines is 2. The minimum Gasteiger partial charge on any atom is -0.399 e. The van der Waals surface area contributed by atoms with Crippen LogP contribution in [0.2, 0.25) is 0 Å². The molecule has 0 radical (unpaired) electrons. The van der Waals surface area contributed by atoms with Crippen molar-refractivity contribution in [1.82, 2.24) is 9.62 Å². The number of rotatable bonds is 7. The summed E-state index contributed by atoms with van der Waals surface area (Å²) in [5, 5.41) is 3.18. The summed E-state index contributed by atoms with van der Waals surface area (Å²) in [5.41, 5.74) is 15.3. The fraction of sp³-hybridized carbons (Fsp3) is 0.321. The van der Waals surface area contributed by atoms with Crippen molar-refractivity contribution in [3.05, 3.63) is 89.2 Å². The first-order chi connectivity index (χ1) is 17.6. The number of nitrogen functional groups attached to an aromatic ring is 2. The van der Waals surface area contributed by atoms with E-state index < -0.39 is 10.0 Å². The maximum Gasteiger partial charge on any atom is 0.242 e. The average Bonchev–Trinajstić information content (AvgIpc) is 2.89. The molecule has 7 nitrogen and oxygen atoms in total. The fourth-order valence-corrected chi connectivity index (χ4v) is 4.46. The van der Waals surface area contributed by atoms with Crippen molar-refractivity contribution < 1.29 is 12.8 Å². The molecule has 3 rings (SSSR count). The minimum atomic E-state index is -3.51. The van der Waals surface area contributed by atoms with E-state index in [4.69, 9.17) is 11.5 Å². The molecule has 0 aromatic heterocycles. The van der Waals surface area contributed by atoms with Crippen LogP contribution in [0.25, 0.3) is 0 Å². The zero-order chi connectivity index (χ0) is 28.0. The molecule has 0 saturated carbocycles. The van der Waals surface area contributed by atoms with Gasteiger partial charge in [-0.25, -0.2) is 17.1 Å². The van der Waals surface area contributed by atoms with Gasteiger partial charge < -0.3 is 16.8 Å². The lowest BCUT2D eigenvalue weighted by Crippen LogP contribution is -2.28. The van der Waals surface area contributed by atoms with Gasteiger partial charge in [0.25, 0.3) is 0 Å². The Balaban J connectivity index is 0.000000439. The van der Waals surface area contributed by atoms with Gasteiger partial charge in [0, 0.05) is 44.6 Å². The lowest BCUT2D eigenvalue weighted by Gasteiger charge is -2.17. The molecule has 0 aliphatic rings. The summed E-state index contributed by atoms with van der Waals surface area (Å²) in [7, 11) is 1.19. The van der Waals surface area contributed by atoms with E-state index in [2.05, 4.69) is 10.3 Å². The van der Waals surface area contributed by atoms with Gasteiger partial charge >= 0.3 is 0 Å². The average molecular weight is 530 g/mol. The maximum atomic E-state index is 12.6. The number of para-hydroxylation sites is 1. The van der Waals surface area contributed by atoms with Crippen molar-refractivity contribution in [2.45, 2.75) is 45.1 Å². The van der Waals surface area contributed by atoms with Crippen LogP contribution >= 0.6 is 0 Å². The highest BCUT2D eigenvalue weighted by Gasteiger charge is 2.20. The van der Waals surface area contributed by atoms with E-state index in [1.54, 1.807) is 37.4 Å². The van der Waals surface area contributed by atoms with Crippen LogP contribution in [0.5, 0.6) is 0 Å². The third kappa shape index (κ3) is 9.18. The molecular formula is C28H40FN5O2S. The molecule has 0 fully saturated rings. The maximum absolute atomic E-state index is 12.6. The normalized spacial score (nSPS) is 11.2. The smallest absolute Gasteiger partial charge is 0.242 e. The predicted octanol–water partition coefficient (Wildman–Crippen LogP) is 5.07. The molecule has 0 saturated heterocycles. The number of hydrogen-bond acceptors (Lipinski definition) is 5. The third-order valence-electron chi connectivity index (χ3n) is 5.24. The van der Waals surface area contributed by atoms with Crippen LogP contribution in [-0.2, 0) is 23.0 Å². The molecule has 3 aromatic rings. The highest BCUT2D eigenvalue weighted by Crippen LogP contribution is 2.19. The van der Waals surface area contributed by atoms with Gasteiger partial charge in [0.2, 0.25) is 10.0 Å². The van der Waals surface area contributed by atoms with Crippen molar-refractivity contribution in [2.24, 2.45) is 4.99 Å². The number of benzene rings is 3. The molecule has 3 aromatic carbocycles. The first-order valence-electron chi connectivity index (χ1n) is 12.2. The van der Waals surface area contributed by atoms with Gasteiger partial charge in [0.1, 0.15) is 11.7 Å². The van der Waals surface area contributed by atoms with Gasteiger partial charge in [-0.3, -0.25) is 4.99 Å². The number of sulfonamides is 1. The van der Waals surface area contributed by atoms with Gasteiger partial charge in [0.15, 0.2) is 0 Å². The van der Waals surface area contributed by atoms with Crippen molar-refractivity contribution in [3.8, 4) is 0 Å². The van der Waals surface area contributed by atoms with Crippen molar-refractivity contribution in [3.63, 3.8) is 0 Å². The molecule has 0 amide bonds. The summed E-state index contributed by atoms with van der Waals surface area (Å²) in [6, 6.07) is 18.8. The molecule has 0 spiro atoms. The zero-order valence-corrected chi connectivity index (χ0v) is 23.4. The largest absolute Gasteiger partial charge is 0.399 e. The van der Waals surface area contributed by atoms with Crippen LogP contribution in [0, 0.1) is 5.82 Å². The number of aliphatic imine (C=N–C) groups is 1. The van der Waals surface area contributed by atoms with Crippen LogP contribution in [-0.4, -0.2) is 39.7 Å². The lowest BCUT2D eigenvalue weighted by molar-refractivity contribution is 0.519. The number of nitrogens with zero attached hydrogens (tertiary/aromatic N) is 2. The van der Waals surface area contributed by atoms with Gasteiger partial charge in [-0.05, 0) is 53.9 Å². The summed E-state index contributed by atoms with van der Waals surface area (Å²) in [6.45, 7) is 6.37. The van der Waals surface area contributed by atoms with Crippen molar-refractivity contribution in [2.75, 3.05) is 32.6 Å². The summed E-state index contributed by atoms with van der Waals surface area (Å²) >= 11 is 0. The lowest BCUT2D eigenvalue weighted by atomic mass is 10.1. The number of hydrogen-bond donors (Lipinski definition) is 3. The summed E-state index contributed by atoms with van der Waals surface area (Å²) in [4.78, 5) is 4.50. The second-order valence-electron chi connectivity index (χ2n) is 8.00. The Kier molecular flexibility index (Phi) is 13.4.